The van der Waals surface area contributed by atoms with Crippen LogP contribution in [0, 0.1) is 0 Å². The summed E-state index contributed by atoms with van der Waals surface area (Å²) in [5.41, 5.74) is 4.10. The van der Waals surface area contributed by atoms with Gasteiger partial charge in [-0.1, -0.05) is 6.58 Å². The van der Waals surface area contributed by atoms with Crippen LogP contribution in [0.4, 0.5) is 11.5 Å². The minimum atomic E-state index is -0.0279. The van der Waals surface area contributed by atoms with Gasteiger partial charge in [-0.2, -0.15) is 0 Å². The number of carbonyl (C=O) groups is 1. The fraction of sp³-hybridized carbons (Fsp3) is 0.182. The average molecular weight is 417 g/mol. The second kappa shape index (κ2) is 7.07. The number of amides is 1. The molecule has 1 amide bonds. The molecule has 0 saturated carbocycles. The summed E-state index contributed by atoms with van der Waals surface area (Å²) in [4.78, 5) is 18.2. The molecule has 150 valence electrons. The number of benzene rings is 1. The third-order valence-electron chi connectivity index (χ3n) is 5.23. The number of nitrogens with zero attached hydrogens (tertiary/aromatic N) is 3. The number of thiophene rings is 1. The molecule has 0 unspecified atom stereocenters. The molecule has 5 rings (SSSR count). The van der Waals surface area contributed by atoms with Crippen molar-refractivity contribution in [1.29, 1.82) is 0 Å². The fourth-order valence-electron chi connectivity index (χ4n) is 3.76. The van der Waals surface area contributed by atoms with Gasteiger partial charge in [0.15, 0.2) is 5.82 Å². The van der Waals surface area contributed by atoms with Crippen LogP contribution >= 0.6 is 11.3 Å². The molecule has 1 aromatic carbocycles. The largest absolute Gasteiger partial charge is 0.381 e. The number of aromatic nitrogens is 3. The van der Waals surface area contributed by atoms with Crippen LogP contribution in [0.5, 0.6) is 0 Å². The molecular formula is C22H20N6OS. The van der Waals surface area contributed by atoms with E-state index in [-0.39, 0.29) is 11.9 Å². The highest BCUT2D eigenvalue weighted by Gasteiger charge is 2.24. The third-order valence-corrected chi connectivity index (χ3v) is 6.38. The lowest BCUT2D eigenvalue weighted by atomic mass is 10.1. The van der Waals surface area contributed by atoms with Gasteiger partial charge in [0.05, 0.1) is 22.6 Å². The first-order chi connectivity index (χ1) is 14.6. The fourth-order valence-corrected chi connectivity index (χ4v) is 4.86. The molecule has 3 aromatic heterocycles. The number of anilines is 2. The van der Waals surface area contributed by atoms with Gasteiger partial charge in [0.1, 0.15) is 4.88 Å². The molecule has 0 spiro atoms. The zero-order chi connectivity index (χ0) is 20.8. The van der Waals surface area contributed by atoms with Crippen LogP contribution in [0.3, 0.4) is 0 Å². The van der Waals surface area contributed by atoms with E-state index in [1.165, 1.54) is 11.3 Å². The summed E-state index contributed by atoms with van der Waals surface area (Å²) in [7, 11) is 1.81. The van der Waals surface area contributed by atoms with E-state index in [0.717, 1.165) is 42.8 Å². The van der Waals surface area contributed by atoms with Gasteiger partial charge in [-0.15, -0.1) is 21.5 Å². The lowest BCUT2D eigenvalue weighted by molar-refractivity contribution is 0.0949. The van der Waals surface area contributed by atoms with Crippen LogP contribution in [0.25, 0.3) is 38.3 Å². The summed E-state index contributed by atoms with van der Waals surface area (Å²) in [6.07, 6.45) is 1.67. The Hall–Kier alpha value is -3.52. The Morgan fingerprint density at radius 1 is 1.27 bits per heavy atom. The minimum absolute atomic E-state index is 0.0279. The van der Waals surface area contributed by atoms with Crippen LogP contribution in [0.15, 0.2) is 36.9 Å². The molecule has 0 radical (unpaired) electrons. The Morgan fingerprint density at radius 3 is 2.93 bits per heavy atom. The van der Waals surface area contributed by atoms with E-state index in [0.29, 0.717) is 18.1 Å². The Balaban J connectivity index is 1.72. The maximum Gasteiger partial charge on any atom is 0.263 e. The monoisotopic (exact) mass is 416 g/mol. The molecular weight excluding hydrogens is 396 g/mol. The van der Waals surface area contributed by atoms with E-state index in [1.54, 1.807) is 6.08 Å². The molecule has 7 nitrogen and oxygen atoms in total. The molecule has 1 atom stereocenters. The van der Waals surface area contributed by atoms with Gasteiger partial charge < -0.3 is 16.0 Å². The second-order valence-electron chi connectivity index (χ2n) is 7.25. The summed E-state index contributed by atoms with van der Waals surface area (Å²) in [6, 6.07) is 10.1. The quantitative estimate of drug-likeness (QED) is 0.465. The van der Waals surface area contributed by atoms with Crippen LogP contribution < -0.4 is 16.0 Å². The number of rotatable bonds is 3. The van der Waals surface area contributed by atoms with E-state index >= 15 is 0 Å². The Kier molecular flexibility index (Phi) is 4.36. The van der Waals surface area contributed by atoms with Crippen molar-refractivity contribution in [3.63, 3.8) is 0 Å². The highest BCUT2D eigenvalue weighted by Crippen LogP contribution is 2.41. The van der Waals surface area contributed by atoms with E-state index in [9.17, 15) is 4.79 Å². The van der Waals surface area contributed by atoms with Crippen molar-refractivity contribution in [1.82, 2.24) is 20.5 Å². The third kappa shape index (κ3) is 2.88. The van der Waals surface area contributed by atoms with E-state index in [2.05, 4.69) is 38.8 Å². The van der Waals surface area contributed by atoms with Gasteiger partial charge in [0, 0.05) is 40.7 Å². The molecule has 4 heterocycles. The number of carbonyl (C=O) groups excluding carboxylic acids is 1. The summed E-state index contributed by atoms with van der Waals surface area (Å²) < 4.78 is 1.06. The molecule has 0 saturated heterocycles. The molecule has 1 aliphatic heterocycles. The van der Waals surface area contributed by atoms with Crippen molar-refractivity contribution >= 4 is 55.8 Å². The second-order valence-corrected chi connectivity index (χ2v) is 8.30. The molecule has 0 fully saturated rings. The normalized spacial score (nSPS) is 15.9. The highest BCUT2D eigenvalue weighted by atomic mass is 32.1. The summed E-state index contributed by atoms with van der Waals surface area (Å²) in [6.45, 7) is 6.46. The van der Waals surface area contributed by atoms with Crippen LogP contribution in [0.1, 0.15) is 22.3 Å². The standard InChI is InChI=1S/C22H20N6OS/c1-4-12-9-14(21(23-3)28-27-12)16-6-5-13-15(26-16)7-8-17-18(13)19-20(30-17)22(29)25-11(2)10-24-19/h4-9,11,24H,1,10H2,2-3H3,(H,23,28)(H,25,29)/t11-/m1/s1. The van der Waals surface area contributed by atoms with Crippen molar-refractivity contribution in [2.75, 3.05) is 24.2 Å². The first-order valence-corrected chi connectivity index (χ1v) is 10.5. The highest BCUT2D eigenvalue weighted by molar-refractivity contribution is 7.21. The smallest absolute Gasteiger partial charge is 0.263 e. The Morgan fingerprint density at radius 2 is 2.13 bits per heavy atom. The van der Waals surface area contributed by atoms with Crippen molar-refractivity contribution in [3.8, 4) is 11.3 Å². The number of hydrogen-bond acceptors (Lipinski definition) is 7. The van der Waals surface area contributed by atoms with Crippen molar-refractivity contribution in [2.24, 2.45) is 0 Å². The zero-order valence-electron chi connectivity index (χ0n) is 16.6. The maximum atomic E-state index is 12.6. The molecule has 0 bridgehead atoms. The van der Waals surface area contributed by atoms with Crippen LogP contribution in [-0.4, -0.2) is 40.7 Å². The van der Waals surface area contributed by atoms with E-state index in [4.69, 9.17) is 4.98 Å². The lowest BCUT2D eigenvalue weighted by Crippen LogP contribution is -2.34. The number of nitrogens with one attached hydrogen (secondary N) is 3. The maximum absolute atomic E-state index is 12.6. The topological polar surface area (TPSA) is 91.8 Å². The van der Waals surface area contributed by atoms with Crippen LogP contribution in [-0.2, 0) is 0 Å². The first-order valence-electron chi connectivity index (χ1n) is 9.68. The molecule has 30 heavy (non-hydrogen) atoms. The molecule has 3 N–H and O–H groups in total. The first kappa shape index (κ1) is 18.5. The summed E-state index contributed by atoms with van der Waals surface area (Å²) in [5, 5.41) is 20.0. The predicted octanol–water partition coefficient (Wildman–Crippen LogP) is 4.14. The number of hydrogen-bond donors (Lipinski definition) is 3. The zero-order valence-corrected chi connectivity index (χ0v) is 17.4. The SMILES string of the molecule is C=Cc1cc(-c2ccc3c(ccc4sc5c(c43)NC[C@@H](C)NC5=O)n2)c(NC)nn1. The average Bonchev–Trinajstić information content (AvgIpc) is 3.09. The molecule has 4 aromatic rings. The lowest BCUT2D eigenvalue weighted by Gasteiger charge is -2.11. The summed E-state index contributed by atoms with van der Waals surface area (Å²) in [5.74, 6) is 0.630. The van der Waals surface area contributed by atoms with Gasteiger partial charge in [-0.25, -0.2) is 4.98 Å². The van der Waals surface area contributed by atoms with Gasteiger partial charge in [0.2, 0.25) is 0 Å². The van der Waals surface area contributed by atoms with Crippen molar-refractivity contribution in [2.45, 2.75) is 13.0 Å². The van der Waals surface area contributed by atoms with Gasteiger partial charge in [-0.05, 0) is 43.3 Å². The molecule has 1 aliphatic rings. The Bertz CT molecular complexity index is 1330. The van der Waals surface area contributed by atoms with Crippen molar-refractivity contribution < 1.29 is 4.79 Å². The predicted molar refractivity (Wildman–Crippen MR) is 123 cm³/mol. The van der Waals surface area contributed by atoms with Crippen LogP contribution in [0.2, 0.25) is 0 Å². The van der Waals surface area contributed by atoms with Crippen molar-refractivity contribution in [3.05, 3.63) is 47.5 Å². The number of fused-ring (bicyclic) bond motifs is 5. The minimum Gasteiger partial charge on any atom is -0.381 e. The van der Waals surface area contributed by atoms with Gasteiger partial charge >= 0.3 is 0 Å². The number of pyridine rings is 1. The van der Waals surface area contributed by atoms with E-state index in [1.807, 2.05) is 38.2 Å². The summed E-state index contributed by atoms with van der Waals surface area (Å²) >= 11 is 1.51. The molecule has 8 heteroatoms. The Labute approximate surface area is 177 Å². The van der Waals surface area contributed by atoms with Gasteiger partial charge in [-0.3, -0.25) is 4.79 Å². The molecule has 0 aliphatic carbocycles. The van der Waals surface area contributed by atoms with Gasteiger partial charge in [0.25, 0.3) is 5.91 Å². The van der Waals surface area contributed by atoms with E-state index < -0.39 is 0 Å².